The molecule has 1 aliphatic heterocycles. The summed E-state index contributed by atoms with van der Waals surface area (Å²) in [5.41, 5.74) is -0.225. The minimum Gasteiger partial charge on any atom is -0.381 e. The largest absolute Gasteiger partial charge is 0.381 e. The summed E-state index contributed by atoms with van der Waals surface area (Å²) in [5.74, 6) is 0.755. The van der Waals surface area contributed by atoms with E-state index >= 15 is 0 Å². The fourth-order valence-electron chi connectivity index (χ4n) is 2.16. The van der Waals surface area contributed by atoms with Crippen LogP contribution in [0.4, 0.5) is 0 Å². The molecule has 1 atom stereocenters. The van der Waals surface area contributed by atoms with E-state index < -0.39 is 0 Å². The summed E-state index contributed by atoms with van der Waals surface area (Å²) >= 11 is 0. The van der Waals surface area contributed by atoms with Crippen LogP contribution in [-0.2, 0) is 9.53 Å². The molecular formula is C14H28N2O2. The highest BCUT2D eigenvalue weighted by Gasteiger charge is 2.34. The zero-order valence-electron chi connectivity index (χ0n) is 12.1. The molecule has 2 N–H and O–H groups in total. The molecule has 0 aliphatic carbocycles. The number of hydrogen-bond acceptors (Lipinski definition) is 3. The van der Waals surface area contributed by atoms with Gasteiger partial charge in [-0.25, -0.2) is 0 Å². The van der Waals surface area contributed by atoms with Gasteiger partial charge in [0.05, 0.1) is 5.41 Å². The van der Waals surface area contributed by atoms with Gasteiger partial charge in [-0.3, -0.25) is 4.79 Å². The van der Waals surface area contributed by atoms with Gasteiger partial charge in [0.15, 0.2) is 0 Å². The Labute approximate surface area is 111 Å². The Morgan fingerprint density at radius 1 is 1.50 bits per heavy atom. The van der Waals surface area contributed by atoms with E-state index in [-0.39, 0.29) is 11.3 Å². The molecule has 1 saturated heterocycles. The lowest BCUT2D eigenvalue weighted by molar-refractivity contribution is -0.131. The van der Waals surface area contributed by atoms with Crippen molar-refractivity contribution in [1.29, 1.82) is 0 Å². The van der Waals surface area contributed by atoms with Gasteiger partial charge >= 0.3 is 0 Å². The Bertz CT molecular complexity index is 248. The topological polar surface area (TPSA) is 50.4 Å². The van der Waals surface area contributed by atoms with Gasteiger partial charge < -0.3 is 15.4 Å². The molecule has 1 heterocycles. The van der Waals surface area contributed by atoms with Crippen LogP contribution < -0.4 is 10.6 Å². The number of piperidine rings is 1. The Morgan fingerprint density at radius 3 is 2.89 bits per heavy atom. The molecule has 1 unspecified atom stereocenters. The van der Waals surface area contributed by atoms with Crippen LogP contribution in [0.15, 0.2) is 0 Å². The number of amides is 1. The fraction of sp³-hybridized carbons (Fsp3) is 0.929. The molecule has 0 radical (unpaired) electrons. The highest BCUT2D eigenvalue weighted by Crippen LogP contribution is 2.25. The van der Waals surface area contributed by atoms with Gasteiger partial charge in [-0.2, -0.15) is 0 Å². The van der Waals surface area contributed by atoms with Crippen molar-refractivity contribution in [3.8, 4) is 0 Å². The van der Waals surface area contributed by atoms with E-state index in [0.29, 0.717) is 12.5 Å². The average Bonchev–Trinajstić information content (AvgIpc) is 2.34. The predicted octanol–water partition coefficient (Wildman–Crippen LogP) is 1.56. The number of nitrogens with one attached hydrogen (secondary N) is 2. The number of ether oxygens (including phenoxy) is 1. The van der Waals surface area contributed by atoms with Crippen LogP contribution in [0.5, 0.6) is 0 Å². The van der Waals surface area contributed by atoms with Crippen LogP contribution in [0.25, 0.3) is 0 Å². The second-order valence-electron chi connectivity index (χ2n) is 5.92. The lowest BCUT2D eigenvalue weighted by atomic mass is 9.82. The molecule has 0 aromatic rings. The Kier molecular flexibility index (Phi) is 6.65. The molecule has 0 bridgehead atoms. The molecule has 0 aromatic carbocycles. The van der Waals surface area contributed by atoms with Gasteiger partial charge in [0.25, 0.3) is 0 Å². The van der Waals surface area contributed by atoms with Crippen LogP contribution in [0.2, 0.25) is 0 Å². The molecule has 1 rings (SSSR count). The van der Waals surface area contributed by atoms with Crippen molar-refractivity contribution in [2.75, 3.05) is 32.8 Å². The summed E-state index contributed by atoms with van der Waals surface area (Å²) in [6, 6.07) is 0. The van der Waals surface area contributed by atoms with Crippen molar-refractivity contribution in [3.05, 3.63) is 0 Å². The molecule has 1 aliphatic rings. The van der Waals surface area contributed by atoms with E-state index in [1.54, 1.807) is 0 Å². The maximum Gasteiger partial charge on any atom is 0.227 e. The van der Waals surface area contributed by atoms with Gasteiger partial charge in [0.2, 0.25) is 5.91 Å². The van der Waals surface area contributed by atoms with Crippen LogP contribution in [0.3, 0.4) is 0 Å². The third-order valence-corrected chi connectivity index (χ3v) is 3.35. The van der Waals surface area contributed by atoms with E-state index in [9.17, 15) is 4.79 Å². The molecule has 0 saturated carbocycles. The van der Waals surface area contributed by atoms with E-state index in [4.69, 9.17) is 4.74 Å². The maximum atomic E-state index is 12.1. The first-order valence-electron chi connectivity index (χ1n) is 7.11. The smallest absolute Gasteiger partial charge is 0.227 e. The van der Waals surface area contributed by atoms with E-state index in [0.717, 1.165) is 45.6 Å². The Hall–Kier alpha value is -0.610. The molecule has 0 aromatic heterocycles. The minimum absolute atomic E-state index is 0.179. The van der Waals surface area contributed by atoms with Crippen molar-refractivity contribution in [3.63, 3.8) is 0 Å². The summed E-state index contributed by atoms with van der Waals surface area (Å²) in [6.07, 6.45) is 2.96. The minimum atomic E-state index is -0.225. The SMILES string of the molecule is CC(C)COCCCNC(=O)C1(C)CCCNC1. The molecular weight excluding hydrogens is 228 g/mol. The maximum absolute atomic E-state index is 12.1. The summed E-state index contributed by atoms with van der Waals surface area (Å²) in [5, 5.41) is 6.32. The summed E-state index contributed by atoms with van der Waals surface area (Å²) in [4.78, 5) is 12.1. The van der Waals surface area contributed by atoms with Crippen molar-refractivity contribution >= 4 is 5.91 Å². The van der Waals surface area contributed by atoms with Crippen LogP contribution in [-0.4, -0.2) is 38.8 Å². The number of hydrogen-bond donors (Lipinski definition) is 2. The van der Waals surface area contributed by atoms with Gasteiger partial charge in [-0.05, 0) is 38.6 Å². The first kappa shape index (κ1) is 15.4. The number of rotatable bonds is 7. The standard InChI is InChI=1S/C14H28N2O2/c1-12(2)10-18-9-5-8-16-13(17)14(3)6-4-7-15-11-14/h12,15H,4-11H2,1-3H3,(H,16,17). The molecule has 18 heavy (non-hydrogen) atoms. The van der Waals surface area contributed by atoms with Crippen molar-refractivity contribution in [2.24, 2.45) is 11.3 Å². The quantitative estimate of drug-likeness (QED) is 0.680. The summed E-state index contributed by atoms with van der Waals surface area (Å²) in [7, 11) is 0. The summed E-state index contributed by atoms with van der Waals surface area (Å²) in [6.45, 7) is 10.4. The molecule has 106 valence electrons. The Morgan fingerprint density at radius 2 is 2.28 bits per heavy atom. The van der Waals surface area contributed by atoms with Crippen LogP contribution in [0, 0.1) is 11.3 Å². The van der Waals surface area contributed by atoms with E-state index in [1.807, 2.05) is 6.92 Å². The highest BCUT2D eigenvalue weighted by molar-refractivity contribution is 5.82. The van der Waals surface area contributed by atoms with Crippen molar-refractivity contribution in [2.45, 2.75) is 40.0 Å². The van der Waals surface area contributed by atoms with Crippen LogP contribution >= 0.6 is 0 Å². The number of carbonyl (C=O) groups is 1. The van der Waals surface area contributed by atoms with Crippen LogP contribution in [0.1, 0.15) is 40.0 Å². The predicted molar refractivity (Wildman–Crippen MR) is 73.5 cm³/mol. The fourth-order valence-corrected chi connectivity index (χ4v) is 2.16. The second kappa shape index (κ2) is 7.74. The monoisotopic (exact) mass is 256 g/mol. The first-order valence-corrected chi connectivity index (χ1v) is 7.11. The first-order chi connectivity index (χ1) is 8.54. The molecule has 1 fully saturated rings. The molecule has 1 amide bonds. The highest BCUT2D eigenvalue weighted by atomic mass is 16.5. The normalized spacial score (nSPS) is 24.2. The molecule has 0 spiro atoms. The van der Waals surface area contributed by atoms with Gasteiger partial charge in [-0.1, -0.05) is 13.8 Å². The Balaban J connectivity index is 2.09. The van der Waals surface area contributed by atoms with Crippen molar-refractivity contribution in [1.82, 2.24) is 10.6 Å². The van der Waals surface area contributed by atoms with E-state index in [1.165, 1.54) is 0 Å². The second-order valence-corrected chi connectivity index (χ2v) is 5.92. The lowest BCUT2D eigenvalue weighted by Crippen LogP contribution is -2.48. The van der Waals surface area contributed by atoms with Gasteiger partial charge in [-0.15, -0.1) is 0 Å². The zero-order chi connectivity index (χ0) is 13.4. The van der Waals surface area contributed by atoms with Crippen molar-refractivity contribution < 1.29 is 9.53 Å². The summed E-state index contributed by atoms with van der Waals surface area (Å²) < 4.78 is 5.48. The van der Waals surface area contributed by atoms with E-state index in [2.05, 4.69) is 24.5 Å². The molecule has 4 heteroatoms. The third-order valence-electron chi connectivity index (χ3n) is 3.35. The molecule has 4 nitrogen and oxygen atoms in total. The van der Waals surface area contributed by atoms with Gasteiger partial charge in [0, 0.05) is 26.3 Å². The average molecular weight is 256 g/mol. The third kappa shape index (κ3) is 5.36. The zero-order valence-corrected chi connectivity index (χ0v) is 12.1. The number of carbonyl (C=O) groups excluding carboxylic acids is 1. The van der Waals surface area contributed by atoms with Gasteiger partial charge in [0.1, 0.15) is 0 Å². The lowest BCUT2D eigenvalue weighted by Gasteiger charge is -2.32.